The maximum atomic E-state index is 2.30. The zero-order chi connectivity index (χ0) is 11.7. The van der Waals surface area contributed by atoms with Crippen LogP contribution in [-0.2, 0) is 0 Å². The summed E-state index contributed by atoms with van der Waals surface area (Å²) < 4.78 is 0. The Morgan fingerprint density at radius 1 is 0.688 bits per heavy atom. The maximum absolute atomic E-state index is 2.30. The SMILES string of the molecule is Cc1cc(-c2ccccc2)c(C)c(C)c1C. The molecule has 0 unspecified atom stereocenters. The largest absolute Gasteiger partial charge is 0.0622 e. The molecule has 2 aromatic carbocycles. The van der Waals surface area contributed by atoms with Gasteiger partial charge in [-0.05, 0) is 61.1 Å². The second-order valence-corrected chi connectivity index (χ2v) is 4.48. The van der Waals surface area contributed by atoms with Gasteiger partial charge >= 0.3 is 0 Å². The van der Waals surface area contributed by atoms with Crippen molar-refractivity contribution in [2.24, 2.45) is 0 Å². The van der Waals surface area contributed by atoms with Crippen molar-refractivity contribution in [3.63, 3.8) is 0 Å². The van der Waals surface area contributed by atoms with Gasteiger partial charge in [-0.1, -0.05) is 36.4 Å². The highest BCUT2D eigenvalue weighted by Gasteiger charge is 2.08. The molecule has 0 aliphatic carbocycles. The molecule has 0 nitrogen and oxygen atoms in total. The highest BCUT2D eigenvalue weighted by Crippen LogP contribution is 2.29. The smallest absolute Gasteiger partial charge is 0.0149 e. The van der Waals surface area contributed by atoms with Crippen LogP contribution in [-0.4, -0.2) is 0 Å². The van der Waals surface area contributed by atoms with Crippen LogP contribution in [0.5, 0.6) is 0 Å². The van der Waals surface area contributed by atoms with Gasteiger partial charge in [-0.3, -0.25) is 0 Å². The van der Waals surface area contributed by atoms with Gasteiger partial charge < -0.3 is 0 Å². The van der Waals surface area contributed by atoms with E-state index in [-0.39, 0.29) is 0 Å². The lowest BCUT2D eigenvalue weighted by molar-refractivity contribution is 1.22. The topological polar surface area (TPSA) is 0 Å². The molecule has 16 heavy (non-hydrogen) atoms. The van der Waals surface area contributed by atoms with Crippen molar-refractivity contribution in [2.75, 3.05) is 0 Å². The predicted octanol–water partition coefficient (Wildman–Crippen LogP) is 4.59. The van der Waals surface area contributed by atoms with E-state index in [4.69, 9.17) is 0 Å². The first-order valence-electron chi connectivity index (χ1n) is 5.74. The zero-order valence-electron chi connectivity index (χ0n) is 10.5. The molecular formula is C16H18. The molecule has 0 fully saturated rings. The van der Waals surface area contributed by atoms with Gasteiger partial charge in [-0.15, -0.1) is 0 Å². The summed E-state index contributed by atoms with van der Waals surface area (Å²) in [5.74, 6) is 0. The van der Waals surface area contributed by atoms with E-state index < -0.39 is 0 Å². The third kappa shape index (κ3) is 1.76. The molecule has 0 heterocycles. The second kappa shape index (κ2) is 4.13. The fraction of sp³-hybridized carbons (Fsp3) is 0.250. The van der Waals surface area contributed by atoms with E-state index in [1.807, 2.05) is 0 Å². The van der Waals surface area contributed by atoms with E-state index in [2.05, 4.69) is 64.1 Å². The summed E-state index contributed by atoms with van der Waals surface area (Å²) in [4.78, 5) is 0. The van der Waals surface area contributed by atoms with Crippen molar-refractivity contribution in [2.45, 2.75) is 27.7 Å². The number of benzene rings is 2. The summed E-state index contributed by atoms with van der Waals surface area (Å²) >= 11 is 0. The predicted molar refractivity (Wildman–Crippen MR) is 70.8 cm³/mol. The molecule has 2 aromatic rings. The molecule has 0 atom stereocenters. The van der Waals surface area contributed by atoms with E-state index >= 15 is 0 Å². The fourth-order valence-corrected chi connectivity index (χ4v) is 2.13. The van der Waals surface area contributed by atoms with Crippen LogP contribution < -0.4 is 0 Å². The van der Waals surface area contributed by atoms with Gasteiger partial charge in [-0.25, -0.2) is 0 Å². The molecule has 0 heteroatoms. The van der Waals surface area contributed by atoms with Crippen LogP contribution in [0.25, 0.3) is 11.1 Å². The van der Waals surface area contributed by atoms with Gasteiger partial charge in [0.1, 0.15) is 0 Å². The number of aryl methyl sites for hydroxylation is 1. The third-order valence-electron chi connectivity index (χ3n) is 3.57. The van der Waals surface area contributed by atoms with E-state index in [1.54, 1.807) is 0 Å². The molecule has 0 aliphatic rings. The Hall–Kier alpha value is -1.56. The standard InChI is InChI=1S/C16H18/c1-11-10-16(14(4)13(3)12(11)2)15-8-6-5-7-9-15/h5-10H,1-4H3. The second-order valence-electron chi connectivity index (χ2n) is 4.48. The molecule has 0 N–H and O–H groups in total. The van der Waals surface area contributed by atoms with Crippen LogP contribution in [0.3, 0.4) is 0 Å². The summed E-state index contributed by atoms with van der Waals surface area (Å²) in [5.41, 5.74) is 8.28. The van der Waals surface area contributed by atoms with Crippen molar-refractivity contribution < 1.29 is 0 Å². The summed E-state index contributed by atoms with van der Waals surface area (Å²) in [6.07, 6.45) is 0. The highest BCUT2D eigenvalue weighted by molar-refractivity contribution is 5.70. The third-order valence-corrected chi connectivity index (χ3v) is 3.57. The van der Waals surface area contributed by atoms with Crippen molar-refractivity contribution in [3.8, 4) is 11.1 Å². The Balaban J connectivity index is 2.68. The fourth-order valence-electron chi connectivity index (χ4n) is 2.13. The van der Waals surface area contributed by atoms with Crippen LogP contribution in [0.4, 0.5) is 0 Å². The van der Waals surface area contributed by atoms with Crippen molar-refractivity contribution in [1.82, 2.24) is 0 Å². The van der Waals surface area contributed by atoms with Gasteiger partial charge in [0.25, 0.3) is 0 Å². The molecule has 0 aliphatic heterocycles. The molecule has 0 spiro atoms. The Bertz CT molecular complexity index is 507. The maximum Gasteiger partial charge on any atom is -0.0149 e. The van der Waals surface area contributed by atoms with E-state index in [0.29, 0.717) is 0 Å². The molecule has 0 amide bonds. The summed E-state index contributed by atoms with van der Waals surface area (Å²) in [7, 11) is 0. The molecule has 0 bridgehead atoms. The number of hydrogen-bond acceptors (Lipinski definition) is 0. The number of hydrogen-bond donors (Lipinski definition) is 0. The minimum Gasteiger partial charge on any atom is -0.0622 e. The van der Waals surface area contributed by atoms with Gasteiger partial charge in [0.2, 0.25) is 0 Å². The summed E-state index contributed by atoms with van der Waals surface area (Å²) in [5, 5.41) is 0. The van der Waals surface area contributed by atoms with Crippen LogP contribution in [0, 0.1) is 27.7 Å². The highest BCUT2D eigenvalue weighted by atomic mass is 14.1. The summed E-state index contributed by atoms with van der Waals surface area (Å²) in [6.45, 7) is 8.81. The lowest BCUT2D eigenvalue weighted by atomic mass is 9.91. The monoisotopic (exact) mass is 210 g/mol. The number of rotatable bonds is 1. The molecule has 82 valence electrons. The van der Waals surface area contributed by atoms with Gasteiger partial charge in [0, 0.05) is 0 Å². The lowest BCUT2D eigenvalue weighted by Gasteiger charge is -2.14. The molecule has 0 radical (unpaired) electrons. The van der Waals surface area contributed by atoms with Crippen molar-refractivity contribution in [1.29, 1.82) is 0 Å². The Labute approximate surface area is 97.9 Å². The van der Waals surface area contributed by atoms with Crippen LogP contribution in [0.15, 0.2) is 36.4 Å². The Kier molecular flexibility index (Phi) is 2.82. The molecule has 0 saturated heterocycles. The van der Waals surface area contributed by atoms with E-state index in [1.165, 1.54) is 33.4 Å². The van der Waals surface area contributed by atoms with Gasteiger partial charge in [-0.2, -0.15) is 0 Å². The van der Waals surface area contributed by atoms with Crippen LogP contribution >= 0.6 is 0 Å². The molecule has 2 rings (SSSR count). The van der Waals surface area contributed by atoms with Gasteiger partial charge in [0.05, 0.1) is 0 Å². The quantitative estimate of drug-likeness (QED) is 0.646. The average Bonchev–Trinajstić information content (AvgIpc) is 2.32. The van der Waals surface area contributed by atoms with Crippen LogP contribution in [0.2, 0.25) is 0 Å². The Morgan fingerprint density at radius 3 is 1.94 bits per heavy atom. The first-order valence-corrected chi connectivity index (χ1v) is 5.74. The van der Waals surface area contributed by atoms with E-state index in [0.717, 1.165) is 0 Å². The molecular weight excluding hydrogens is 192 g/mol. The minimum atomic E-state index is 1.31. The summed E-state index contributed by atoms with van der Waals surface area (Å²) in [6, 6.07) is 12.9. The lowest BCUT2D eigenvalue weighted by Crippen LogP contribution is -1.94. The van der Waals surface area contributed by atoms with Crippen molar-refractivity contribution in [3.05, 3.63) is 58.7 Å². The first-order chi connectivity index (χ1) is 7.61. The van der Waals surface area contributed by atoms with Gasteiger partial charge in [0.15, 0.2) is 0 Å². The minimum absolute atomic E-state index is 1.31. The van der Waals surface area contributed by atoms with Crippen molar-refractivity contribution >= 4 is 0 Å². The first kappa shape index (κ1) is 10.9. The zero-order valence-corrected chi connectivity index (χ0v) is 10.5. The molecule has 0 saturated carbocycles. The average molecular weight is 210 g/mol. The molecule has 0 aromatic heterocycles. The normalized spacial score (nSPS) is 10.5. The van der Waals surface area contributed by atoms with E-state index in [9.17, 15) is 0 Å². The Morgan fingerprint density at radius 2 is 1.31 bits per heavy atom. The van der Waals surface area contributed by atoms with Crippen LogP contribution in [0.1, 0.15) is 22.3 Å².